The van der Waals surface area contributed by atoms with Crippen molar-refractivity contribution < 1.29 is 9.53 Å². The second-order valence-electron chi connectivity index (χ2n) is 9.27. The molecule has 2 aromatic rings. The molecule has 0 fully saturated rings. The summed E-state index contributed by atoms with van der Waals surface area (Å²) >= 11 is 0. The van der Waals surface area contributed by atoms with Crippen molar-refractivity contribution in [3.05, 3.63) is 64.0 Å². The molecular formula is C25H31NO2. The Labute approximate surface area is 168 Å². The number of aryl methyl sites for hydroxylation is 1. The third-order valence-corrected chi connectivity index (χ3v) is 6.20. The Balaban J connectivity index is 2.01. The second-order valence-corrected chi connectivity index (χ2v) is 9.27. The summed E-state index contributed by atoms with van der Waals surface area (Å²) in [7, 11) is 1.38. The first-order valence-electron chi connectivity index (χ1n) is 9.94. The molecule has 0 N–H and O–H groups in total. The van der Waals surface area contributed by atoms with Crippen LogP contribution in [0.5, 0.6) is 0 Å². The Kier molecular flexibility index (Phi) is 5.22. The highest BCUT2D eigenvalue weighted by Crippen LogP contribution is 2.46. The largest absolute Gasteiger partial charge is 0.465 e. The average molecular weight is 378 g/mol. The molecule has 28 heavy (non-hydrogen) atoms. The third-order valence-electron chi connectivity index (χ3n) is 6.20. The molecule has 0 unspecified atom stereocenters. The van der Waals surface area contributed by atoms with E-state index in [0.29, 0.717) is 5.56 Å². The van der Waals surface area contributed by atoms with Crippen LogP contribution in [0.25, 0.3) is 11.6 Å². The van der Waals surface area contributed by atoms with Gasteiger partial charge in [0.05, 0.1) is 18.4 Å². The highest BCUT2D eigenvalue weighted by molar-refractivity contribution is 5.89. The molecule has 0 saturated carbocycles. The SMILES string of the molecule is COC(=O)c1ccc(/C(C)=C/c2cc3c(cc2C)C(C)(C)CCC3(C)C)nc1. The Bertz CT molecular complexity index is 934. The van der Waals surface area contributed by atoms with Crippen LogP contribution in [0.15, 0.2) is 30.5 Å². The minimum Gasteiger partial charge on any atom is -0.465 e. The molecule has 0 aliphatic heterocycles. The van der Waals surface area contributed by atoms with E-state index in [4.69, 9.17) is 4.74 Å². The van der Waals surface area contributed by atoms with E-state index >= 15 is 0 Å². The third kappa shape index (κ3) is 3.76. The van der Waals surface area contributed by atoms with Crippen molar-refractivity contribution in [2.45, 2.75) is 65.2 Å². The van der Waals surface area contributed by atoms with Gasteiger partial charge < -0.3 is 4.74 Å². The monoisotopic (exact) mass is 377 g/mol. The molecule has 3 heteroatoms. The minimum absolute atomic E-state index is 0.190. The van der Waals surface area contributed by atoms with Crippen LogP contribution >= 0.6 is 0 Å². The molecule has 0 spiro atoms. The van der Waals surface area contributed by atoms with Gasteiger partial charge in [0.25, 0.3) is 0 Å². The number of rotatable bonds is 3. The van der Waals surface area contributed by atoms with Gasteiger partial charge in [0.15, 0.2) is 0 Å². The number of allylic oxidation sites excluding steroid dienone is 1. The van der Waals surface area contributed by atoms with Crippen molar-refractivity contribution in [2.24, 2.45) is 0 Å². The molecule has 148 valence electrons. The van der Waals surface area contributed by atoms with Gasteiger partial charge in [0.1, 0.15) is 0 Å². The van der Waals surface area contributed by atoms with Crippen molar-refractivity contribution in [3.8, 4) is 0 Å². The number of esters is 1. The number of aromatic nitrogens is 1. The number of methoxy groups -OCH3 is 1. The number of nitrogens with zero attached hydrogens (tertiary/aromatic N) is 1. The maximum absolute atomic E-state index is 11.6. The van der Waals surface area contributed by atoms with E-state index in [9.17, 15) is 4.79 Å². The lowest BCUT2D eigenvalue weighted by atomic mass is 9.62. The van der Waals surface area contributed by atoms with Crippen LogP contribution in [-0.4, -0.2) is 18.1 Å². The smallest absolute Gasteiger partial charge is 0.339 e. The Hall–Kier alpha value is -2.42. The average Bonchev–Trinajstić information content (AvgIpc) is 2.66. The Morgan fingerprint density at radius 1 is 1.07 bits per heavy atom. The molecule has 1 aliphatic rings. The Morgan fingerprint density at radius 3 is 2.21 bits per heavy atom. The molecule has 0 bridgehead atoms. The molecule has 0 atom stereocenters. The van der Waals surface area contributed by atoms with Crippen molar-refractivity contribution in [3.63, 3.8) is 0 Å². The summed E-state index contributed by atoms with van der Waals surface area (Å²) in [5, 5.41) is 0. The number of benzene rings is 1. The summed E-state index contributed by atoms with van der Waals surface area (Å²) in [5.41, 5.74) is 8.29. The van der Waals surface area contributed by atoms with Crippen molar-refractivity contribution >= 4 is 17.6 Å². The Morgan fingerprint density at radius 2 is 1.68 bits per heavy atom. The van der Waals surface area contributed by atoms with E-state index < -0.39 is 0 Å². The number of carbonyl (C=O) groups excluding carboxylic acids is 1. The molecule has 3 nitrogen and oxygen atoms in total. The molecule has 1 aromatic carbocycles. The van der Waals surface area contributed by atoms with Gasteiger partial charge in [-0.15, -0.1) is 0 Å². The number of hydrogen-bond acceptors (Lipinski definition) is 3. The molecule has 0 saturated heterocycles. The van der Waals surface area contributed by atoms with Crippen LogP contribution in [0, 0.1) is 6.92 Å². The van der Waals surface area contributed by atoms with Gasteiger partial charge in [-0.05, 0) is 83.6 Å². The standard InChI is InChI=1S/C25H31NO2/c1-16-13-20-21(25(5,6)11-10-24(20,3)4)14-19(16)12-17(2)22-9-8-18(15-26-22)23(27)28-7/h8-9,12-15H,10-11H2,1-7H3/b17-12+. The molecular weight excluding hydrogens is 346 g/mol. The summed E-state index contributed by atoms with van der Waals surface area (Å²) in [6.07, 6.45) is 6.20. The van der Waals surface area contributed by atoms with E-state index in [2.05, 4.69) is 64.7 Å². The summed E-state index contributed by atoms with van der Waals surface area (Å²) in [6, 6.07) is 8.39. The second kappa shape index (κ2) is 7.20. The number of fused-ring (bicyclic) bond motifs is 1. The van der Waals surface area contributed by atoms with E-state index in [-0.39, 0.29) is 16.8 Å². The lowest BCUT2D eigenvalue weighted by Gasteiger charge is -2.42. The van der Waals surface area contributed by atoms with Crippen LogP contribution in [-0.2, 0) is 15.6 Å². The first-order chi connectivity index (χ1) is 13.0. The number of carbonyl (C=O) groups is 1. The fourth-order valence-corrected chi connectivity index (χ4v) is 4.07. The maximum atomic E-state index is 11.6. The van der Waals surface area contributed by atoms with Gasteiger partial charge in [-0.25, -0.2) is 4.79 Å². The van der Waals surface area contributed by atoms with Crippen molar-refractivity contribution in [2.75, 3.05) is 7.11 Å². The van der Waals surface area contributed by atoms with Gasteiger partial charge in [-0.2, -0.15) is 0 Å². The summed E-state index contributed by atoms with van der Waals surface area (Å²) in [6.45, 7) is 13.7. The zero-order valence-electron chi connectivity index (χ0n) is 18.1. The predicted octanol–water partition coefficient (Wildman–Crippen LogP) is 6.09. The van der Waals surface area contributed by atoms with Gasteiger partial charge >= 0.3 is 5.97 Å². The lowest BCUT2D eigenvalue weighted by molar-refractivity contribution is 0.0600. The minimum atomic E-state index is -0.365. The molecule has 1 heterocycles. The van der Waals surface area contributed by atoms with Crippen LogP contribution in [0.2, 0.25) is 0 Å². The van der Waals surface area contributed by atoms with Crippen LogP contribution in [0.1, 0.15) is 85.8 Å². The molecule has 0 radical (unpaired) electrons. The van der Waals surface area contributed by atoms with E-state index in [1.165, 1.54) is 42.2 Å². The summed E-state index contributed by atoms with van der Waals surface area (Å²) in [5.74, 6) is -0.365. The van der Waals surface area contributed by atoms with E-state index in [1.54, 1.807) is 12.3 Å². The van der Waals surface area contributed by atoms with Gasteiger partial charge in [-0.3, -0.25) is 4.98 Å². The fraction of sp³-hybridized carbons (Fsp3) is 0.440. The van der Waals surface area contributed by atoms with Crippen LogP contribution in [0.4, 0.5) is 0 Å². The van der Waals surface area contributed by atoms with Gasteiger partial charge in [0.2, 0.25) is 0 Å². The molecule has 3 rings (SSSR count). The number of pyridine rings is 1. The fourth-order valence-electron chi connectivity index (χ4n) is 4.07. The zero-order valence-corrected chi connectivity index (χ0v) is 18.1. The zero-order chi connectivity index (χ0) is 20.7. The van der Waals surface area contributed by atoms with E-state index in [0.717, 1.165) is 11.3 Å². The number of hydrogen-bond donors (Lipinski definition) is 0. The van der Waals surface area contributed by atoms with Gasteiger partial charge in [-0.1, -0.05) is 39.8 Å². The maximum Gasteiger partial charge on any atom is 0.339 e. The van der Waals surface area contributed by atoms with Crippen molar-refractivity contribution in [1.82, 2.24) is 4.98 Å². The van der Waals surface area contributed by atoms with Crippen LogP contribution in [0.3, 0.4) is 0 Å². The molecule has 0 amide bonds. The topological polar surface area (TPSA) is 39.2 Å². The highest BCUT2D eigenvalue weighted by atomic mass is 16.5. The lowest BCUT2D eigenvalue weighted by Crippen LogP contribution is -2.34. The first kappa shape index (κ1) is 20.3. The normalized spacial score (nSPS) is 17.8. The van der Waals surface area contributed by atoms with Gasteiger partial charge in [0, 0.05) is 6.20 Å². The molecule has 1 aliphatic carbocycles. The molecule has 1 aromatic heterocycles. The predicted molar refractivity (Wildman–Crippen MR) is 116 cm³/mol. The highest BCUT2D eigenvalue weighted by Gasteiger charge is 2.37. The number of ether oxygens (including phenoxy) is 1. The van der Waals surface area contributed by atoms with Crippen LogP contribution < -0.4 is 0 Å². The van der Waals surface area contributed by atoms with E-state index in [1.807, 2.05) is 6.07 Å². The summed E-state index contributed by atoms with van der Waals surface area (Å²) in [4.78, 5) is 16.0. The first-order valence-corrected chi connectivity index (χ1v) is 9.94. The summed E-state index contributed by atoms with van der Waals surface area (Å²) < 4.78 is 4.74. The van der Waals surface area contributed by atoms with Crippen molar-refractivity contribution in [1.29, 1.82) is 0 Å². The quantitative estimate of drug-likeness (QED) is 0.608.